The van der Waals surface area contributed by atoms with Crippen LogP contribution in [0.5, 0.6) is 5.75 Å². The molecule has 5 nitrogen and oxygen atoms in total. The molecule has 0 aliphatic rings. The molecule has 23 heavy (non-hydrogen) atoms. The average molecular weight is 308 g/mol. The molecular formula is C18H16N2O3. The number of carboxylic acid groups (broad SMARTS) is 1. The van der Waals surface area contributed by atoms with E-state index in [-0.39, 0.29) is 5.56 Å². The predicted molar refractivity (Wildman–Crippen MR) is 87.9 cm³/mol. The van der Waals surface area contributed by atoms with Crippen LogP contribution in [0.1, 0.15) is 17.3 Å². The molecule has 3 aromatic rings. The zero-order chi connectivity index (χ0) is 16.4. The molecule has 0 saturated carbocycles. The highest BCUT2D eigenvalue weighted by Gasteiger charge is 2.08. The van der Waals surface area contributed by atoms with Crippen molar-refractivity contribution in [2.45, 2.75) is 6.92 Å². The van der Waals surface area contributed by atoms with Gasteiger partial charge in [-0.05, 0) is 48.9 Å². The van der Waals surface area contributed by atoms with E-state index in [1.165, 1.54) is 0 Å². The second-order valence-corrected chi connectivity index (χ2v) is 5.38. The van der Waals surface area contributed by atoms with Crippen LogP contribution < -0.4 is 4.74 Å². The topological polar surface area (TPSA) is 63.8 Å². The summed E-state index contributed by atoms with van der Waals surface area (Å²) in [6.07, 6.45) is 3.37. The Kier molecular flexibility index (Phi) is 3.85. The van der Waals surface area contributed by atoms with Gasteiger partial charge in [0.15, 0.2) is 0 Å². The summed E-state index contributed by atoms with van der Waals surface area (Å²) in [6, 6.07) is 10.8. The number of imidazole rings is 1. The number of carbonyl (C=O) groups is 1. The number of hydrogen-bond donors (Lipinski definition) is 1. The van der Waals surface area contributed by atoms with E-state index in [1.54, 1.807) is 22.7 Å². The normalized spacial score (nSPS) is 10.7. The minimum Gasteiger partial charge on any atom is -0.489 e. The molecule has 0 radical (unpaired) electrons. The summed E-state index contributed by atoms with van der Waals surface area (Å²) < 4.78 is 7.28. The molecular weight excluding hydrogens is 292 g/mol. The van der Waals surface area contributed by atoms with Gasteiger partial charge in [-0.2, -0.15) is 0 Å². The van der Waals surface area contributed by atoms with Crippen LogP contribution in [0.2, 0.25) is 0 Å². The van der Waals surface area contributed by atoms with Crippen molar-refractivity contribution in [1.29, 1.82) is 0 Å². The van der Waals surface area contributed by atoms with E-state index in [0.717, 1.165) is 22.6 Å². The molecule has 0 atom stereocenters. The maximum absolute atomic E-state index is 11.0. The highest BCUT2D eigenvalue weighted by molar-refractivity contribution is 5.87. The number of benzene rings is 1. The predicted octanol–water partition coefficient (Wildman–Crippen LogP) is 3.65. The van der Waals surface area contributed by atoms with Crippen molar-refractivity contribution in [3.63, 3.8) is 0 Å². The average Bonchev–Trinajstić information content (AvgIpc) is 2.96. The van der Waals surface area contributed by atoms with E-state index in [0.29, 0.717) is 12.3 Å². The molecule has 2 heterocycles. The second-order valence-electron chi connectivity index (χ2n) is 5.38. The van der Waals surface area contributed by atoms with Gasteiger partial charge in [-0.3, -0.25) is 0 Å². The van der Waals surface area contributed by atoms with Crippen molar-refractivity contribution < 1.29 is 14.6 Å². The lowest BCUT2D eigenvalue weighted by atomic mass is 10.1. The minimum atomic E-state index is -0.957. The van der Waals surface area contributed by atoms with E-state index >= 15 is 0 Å². The number of aromatic carboxylic acids is 1. The van der Waals surface area contributed by atoms with Crippen LogP contribution in [-0.4, -0.2) is 27.1 Å². The molecule has 0 aliphatic carbocycles. The summed E-state index contributed by atoms with van der Waals surface area (Å²) in [6.45, 7) is 6.20. The van der Waals surface area contributed by atoms with Gasteiger partial charge >= 0.3 is 5.97 Å². The molecule has 2 aromatic heterocycles. The SMILES string of the molecule is C=C(C)COc1ccc(-c2cn3cc(C(=O)O)ccc3n2)cc1. The molecule has 116 valence electrons. The summed E-state index contributed by atoms with van der Waals surface area (Å²) in [5, 5.41) is 9.03. The van der Waals surface area contributed by atoms with E-state index in [4.69, 9.17) is 9.84 Å². The lowest BCUT2D eigenvalue weighted by molar-refractivity contribution is 0.0696. The van der Waals surface area contributed by atoms with Gasteiger partial charge in [0.05, 0.1) is 11.3 Å². The third-order valence-corrected chi connectivity index (χ3v) is 3.33. The lowest BCUT2D eigenvalue weighted by Gasteiger charge is -2.05. The van der Waals surface area contributed by atoms with E-state index < -0.39 is 5.97 Å². The monoisotopic (exact) mass is 308 g/mol. The fourth-order valence-corrected chi connectivity index (χ4v) is 2.19. The standard InChI is InChI=1S/C18H16N2O3/c1-12(2)11-23-15-6-3-13(4-7-15)16-10-20-9-14(18(21)22)5-8-17(20)19-16/h3-10H,1,11H2,2H3,(H,21,22). The van der Waals surface area contributed by atoms with Gasteiger partial charge in [-0.1, -0.05) is 6.58 Å². The van der Waals surface area contributed by atoms with Crippen LogP contribution >= 0.6 is 0 Å². The van der Waals surface area contributed by atoms with Crippen molar-refractivity contribution in [3.8, 4) is 17.0 Å². The van der Waals surface area contributed by atoms with E-state index in [9.17, 15) is 4.79 Å². The molecule has 0 saturated heterocycles. The van der Waals surface area contributed by atoms with Crippen LogP contribution in [0.4, 0.5) is 0 Å². The molecule has 3 rings (SSSR count). The van der Waals surface area contributed by atoms with E-state index in [1.807, 2.05) is 37.4 Å². The maximum Gasteiger partial charge on any atom is 0.337 e. The number of aromatic nitrogens is 2. The van der Waals surface area contributed by atoms with Gasteiger partial charge in [-0.25, -0.2) is 9.78 Å². The largest absolute Gasteiger partial charge is 0.489 e. The first-order valence-corrected chi connectivity index (χ1v) is 7.12. The van der Waals surface area contributed by atoms with E-state index in [2.05, 4.69) is 11.6 Å². The summed E-state index contributed by atoms with van der Waals surface area (Å²) >= 11 is 0. The molecule has 1 aromatic carbocycles. The van der Waals surface area contributed by atoms with Crippen molar-refractivity contribution >= 4 is 11.6 Å². The quantitative estimate of drug-likeness (QED) is 0.731. The van der Waals surface area contributed by atoms with Crippen LogP contribution in [0.3, 0.4) is 0 Å². The van der Waals surface area contributed by atoms with Crippen LogP contribution in [0.25, 0.3) is 16.9 Å². The van der Waals surface area contributed by atoms with Crippen molar-refractivity contribution in [2.24, 2.45) is 0 Å². The lowest BCUT2D eigenvalue weighted by Crippen LogP contribution is -1.97. The third kappa shape index (κ3) is 3.23. The highest BCUT2D eigenvalue weighted by atomic mass is 16.5. The number of nitrogens with zero attached hydrogens (tertiary/aromatic N) is 2. The van der Waals surface area contributed by atoms with Gasteiger partial charge in [-0.15, -0.1) is 0 Å². The molecule has 0 fully saturated rings. The Bertz CT molecular complexity index is 879. The maximum atomic E-state index is 11.0. The van der Waals surface area contributed by atoms with Gasteiger partial charge in [0.2, 0.25) is 0 Å². The first-order valence-electron chi connectivity index (χ1n) is 7.12. The van der Waals surface area contributed by atoms with Crippen molar-refractivity contribution in [1.82, 2.24) is 9.38 Å². The smallest absolute Gasteiger partial charge is 0.337 e. The Morgan fingerprint density at radius 1 is 1.22 bits per heavy atom. The number of fused-ring (bicyclic) bond motifs is 1. The fourth-order valence-electron chi connectivity index (χ4n) is 2.19. The summed E-state index contributed by atoms with van der Waals surface area (Å²) in [5.74, 6) is -0.185. The molecule has 0 spiro atoms. The number of ether oxygens (including phenoxy) is 1. The van der Waals surface area contributed by atoms with Gasteiger partial charge < -0.3 is 14.2 Å². The fraction of sp³-hybridized carbons (Fsp3) is 0.111. The Labute approximate surface area is 133 Å². The molecule has 0 bridgehead atoms. The number of pyridine rings is 1. The van der Waals surface area contributed by atoms with Crippen LogP contribution in [-0.2, 0) is 0 Å². The third-order valence-electron chi connectivity index (χ3n) is 3.33. The summed E-state index contributed by atoms with van der Waals surface area (Å²) in [7, 11) is 0. The Morgan fingerprint density at radius 3 is 2.61 bits per heavy atom. The first-order chi connectivity index (χ1) is 11.0. The van der Waals surface area contributed by atoms with Crippen molar-refractivity contribution in [2.75, 3.05) is 6.61 Å². The number of carboxylic acids is 1. The highest BCUT2D eigenvalue weighted by Crippen LogP contribution is 2.22. The summed E-state index contributed by atoms with van der Waals surface area (Å²) in [4.78, 5) is 15.5. The Balaban J connectivity index is 1.87. The molecule has 0 amide bonds. The van der Waals surface area contributed by atoms with Gasteiger partial charge in [0.25, 0.3) is 0 Å². The second kappa shape index (κ2) is 5.96. The van der Waals surface area contributed by atoms with Gasteiger partial charge in [0, 0.05) is 18.0 Å². The minimum absolute atomic E-state index is 0.227. The zero-order valence-corrected chi connectivity index (χ0v) is 12.7. The van der Waals surface area contributed by atoms with Gasteiger partial charge in [0.1, 0.15) is 18.0 Å². The molecule has 0 aliphatic heterocycles. The van der Waals surface area contributed by atoms with Crippen LogP contribution in [0, 0.1) is 0 Å². The number of rotatable bonds is 5. The first kappa shape index (κ1) is 14.8. The number of hydrogen-bond acceptors (Lipinski definition) is 3. The van der Waals surface area contributed by atoms with Crippen LogP contribution in [0.15, 0.2) is 60.9 Å². The Morgan fingerprint density at radius 2 is 1.96 bits per heavy atom. The zero-order valence-electron chi connectivity index (χ0n) is 12.7. The molecule has 1 N–H and O–H groups in total. The molecule has 5 heteroatoms. The summed E-state index contributed by atoms with van der Waals surface area (Å²) in [5.41, 5.74) is 3.61. The van der Waals surface area contributed by atoms with Crippen molar-refractivity contribution in [3.05, 3.63) is 66.5 Å². The molecule has 0 unspecified atom stereocenters. The Hall–Kier alpha value is -3.08.